The molecule has 16 heavy (non-hydrogen) atoms. The van der Waals surface area contributed by atoms with E-state index in [1.54, 1.807) is 0 Å². The first-order valence-electron chi connectivity index (χ1n) is 5.11. The molecule has 0 fully saturated rings. The highest BCUT2D eigenvalue weighted by atomic mass is 16.6. The number of ether oxygens (including phenoxy) is 2. The minimum Gasteiger partial charge on any atom is -0.502 e. The molecule has 1 unspecified atom stereocenters. The Morgan fingerprint density at radius 3 is 3.00 bits per heavy atom. The van der Waals surface area contributed by atoms with Gasteiger partial charge in [-0.2, -0.15) is 0 Å². The lowest BCUT2D eigenvalue weighted by molar-refractivity contribution is -0.142. The first-order valence-corrected chi connectivity index (χ1v) is 5.11. The number of esters is 1. The van der Waals surface area contributed by atoms with Gasteiger partial charge in [-0.25, -0.2) is 4.79 Å². The number of carbonyl (C=O) groups is 1. The van der Waals surface area contributed by atoms with E-state index in [1.807, 2.05) is 18.2 Å². The molecule has 4 heteroatoms. The van der Waals surface area contributed by atoms with Crippen LogP contribution in [0.4, 0.5) is 0 Å². The largest absolute Gasteiger partial charge is 0.502 e. The van der Waals surface area contributed by atoms with Crippen LogP contribution in [0.5, 0.6) is 5.75 Å². The first-order chi connectivity index (χ1) is 7.74. The lowest BCUT2D eigenvalue weighted by atomic mass is 10.0. The average Bonchev–Trinajstić information content (AvgIpc) is 2.85. The third kappa shape index (κ3) is 1.34. The Hall–Kier alpha value is -1.97. The quantitative estimate of drug-likeness (QED) is 0.728. The highest BCUT2D eigenvalue weighted by molar-refractivity contribution is 5.88. The summed E-state index contributed by atoms with van der Waals surface area (Å²) < 4.78 is 10.4. The molecule has 1 N–H and O–H groups in total. The third-order valence-corrected chi connectivity index (χ3v) is 2.79. The fourth-order valence-corrected chi connectivity index (χ4v) is 1.97. The van der Waals surface area contributed by atoms with Crippen LogP contribution < -0.4 is 4.74 Å². The van der Waals surface area contributed by atoms with Gasteiger partial charge >= 0.3 is 5.97 Å². The molecule has 0 amide bonds. The number of fused-ring (bicyclic) bond motifs is 1. The van der Waals surface area contributed by atoms with Gasteiger partial charge in [0.05, 0.1) is 6.61 Å². The van der Waals surface area contributed by atoms with Gasteiger partial charge in [-0.3, -0.25) is 0 Å². The van der Waals surface area contributed by atoms with Crippen molar-refractivity contribution in [3.05, 3.63) is 41.2 Å². The molecule has 2 aliphatic heterocycles. The maximum absolute atomic E-state index is 11.0. The Kier molecular flexibility index (Phi) is 1.89. The molecule has 0 bridgehead atoms. The summed E-state index contributed by atoms with van der Waals surface area (Å²) in [6, 6.07) is 5.67. The molecule has 0 saturated heterocycles. The molecule has 0 spiro atoms. The van der Waals surface area contributed by atoms with Crippen LogP contribution in [0.15, 0.2) is 30.0 Å². The molecule has 82 valence electrons. The van der Waals surface area contributed by atoms with Crippen molar-refractivity contribution >= 4 is 5.97 Å². The van der Waals surface area contributed by atoms with Crippen molar-refractivity contribution in [2.24, 2.45) is 0 Å². The number of hydrogen-bond donors (Lipinski definition) is 1. The number of benzene rings is 1. The van der Waals surface area contributed by atoms with Gasteiger partial charge in [0.2, 0.25) is 5.76 Å². The van der Waals surface area contributed by atoms with Crippen LogP contribution in [0.25, 0.3) is 0 Å². The summed E-state index contributed by atoms with van der Waals surface area (Å²) in [5.41, 5.74) is 1.98. The average molecular weight is 218 g/mol. The summed E-state index contributed by atoms with van der Waals surface area (Å²) >= 11 is 0. The van der Waals surface area contributed by atoms with Gasteiger partial charge in [0, 0.05) is 12.5 Å². The number of aliphatic hydroxyl groups excluding tert-OH is 1. The smallest absolute Gasteiger partial charge is 0.374 e. The summed E-state index contributed by atoms with van der Waals surface area (Å²) in [5, 5.41) is 9.18. The van der Waals surface area contributed by atoms with Crippen LogP contribution in [0, 0.1) is 0 Å². The van der Waals surface area contributed by atoms with E-state index < -0.39 is 12.1 Å². The minimum atomic E-state index is -0.665. The zero-order chi connectivity index (χ0) is 11.1. The van der Waals surface area contributed by atoms with Gasteiger partial charge < -0.3 is 14.6 Å². The highest BCUT2D eigenvalue weighted by Crippen LogP contribution is 2.32. The van der Waals surface area contributed by atoms with Crippen LogP contribution in [-0.4, -0.2) is 17.7 Å². The fourth-order valence-electron chi connectivity index (χ4n) is 1.97. The standard InChI is InChI=1S/C12H10O4/c13-9-6-11(16-12(9)14)7-1-2-10-8(5-7)3-4-15-10/h1-2,5-6,11,13H,3-4H2. The molecular formula is C12H10O4. The van der Waals surface area contributed by atoms with Crippen molar-refractivity contribution in [2.45, 2.75) is 12.5 Å². The second kappa shape index (κ2) is 3.27. The lowest BCUT2D eigenvalue weighted by Crippen LogP contribution is -2.02. The van der Waals surface area contributed by atoms with E-state index in [0.717, 1.165) is 23.3 Å². The van der Waals surface area contributed by atoms with Crippen molar-refractivity contribution in [2.75, 3.05) is 6.61 Å². The van der Waals surface area contributed by atoms with Crippen LogP contribution in [0.3, 0.4) is 0 Å². The van der Waals surface area contributed by atoms with Gasteiger partial charge in [0.1, 0.15) is 11.9 Å². The van der Waals surface area contributed by atoms with Gasteiger partial charge in [-0.15, -0.1) is 0 Å². The van der Waals surface area contributed by atoms with E-state index in [4.69, 9.17) is 9.47 Å². The second-order valence-electron chi connectivity index (χ2n) is 3.84. The van der Waals surface area contributed by atoms with E-state index in [9.17, 15) is 9.90 Å². The predicted octanol–water partition coefficient (Wildman–Crippen LogP) is 1.66. The molecule has 4 nitrogen and oxygen atoms in total. The Balaban J connectivity index is 1.94. The van der Waals surface area contributed by atoms with Gasteiger partial charge in [0.15, 0.2) is 0 Å². The van der Waals surface area contributed by atoms with Crippen molar-refractivity contribution < 1.29 is 19.4 Å². The van der Waals surface area contributed by atoms with Crippen molar-refractivity contribution in [1.82, 2.24) is 0 Å². The van der Waals surface area contributed by atoms with Crippen LogP contribution in [-0.2, 0) is 16.0 Å². The van der Waals surface area contributed by atoms with E-state index in [2.05, 4.69) is 0 Å². The zero-order valence-corrected chi connectivity index (χ0v) is 8.47. The SMILES string of the molecule is O=C1OC(c2ccc3c(c2)CCO3)C=C1O. The Morgan fingerprint density at radius 1 is 1.38 bits per heavy atom. The molecule has 0 saturated carbocycles. The van der Waals surface area contributed by atoms with Crippen LogP contribution in [0.1, 0.15) is 17.2 Å². The summed E-state index contributed by atoms with van der Waals surface area (Å²) in [4.78, 5) is 11.0. The molecule has 0 aromatic heterocycles. The molecule has 2 aliphatic rings. The Morgan fingerprint density at radius 2 is 2.25 bits per heavy atom. The molecule has 2 heterocycles. The second-order valence-corrected chi connectivity index (χ2v) is 3.84. The van der Waals surface area contributed by atoms with Crippen molar-refractivity contribution in [1.29, 1.82) is 0 Å². The molecule has 0 radical (unpaired) electrons. The Bertz CT molecular complexity index is 490. The summed E-state index contributed by atoms with van der Waals surface area (Å²) in [6.07, 6.45) is 1.82. The summed E-state index contributed by atoms with van der Waals surface area (Å²) in [5.74, 6) is -0.0928. The molecular weight excluding hydrogens is 208 g/mol. The normalized spacial score (nSPS) is 22.4. The number of hydrogen-bond acceptors (Lipinski definition) is 4. The first kappa shape index (κ1) is 9.27. The minimum absolute atomic E-state index is 0.318. The number of carbonyl (C=O) groups excluding carboxylic acids is 1. The monoisotopic (exact) mass is 218 g/mol. The maximum Gasteiger partial charge on any atom is 0.374 e. The number of cyclic esters (lactones) is 1. The molecule has 1 aromatic carbocycles. The Labute approximate surface area is 92.1 Å². The van der Waals surface area contributed by atoms with Gasteiger partial charge in [0.25, 0.3) is 0 Å². The zero-order valence-electron chi connectivity index (χ0n) is 8.47. The molecule has 1 aromatic rings. The van der Waals surface area contributed by atoms with Gasteiger partial charge in [-0.05, 0) is 23.3 Å². The highest BCUT2D eigenvalue weighted by Gasteiger charge is 2.27. The van der Waals surface area contributed by atoms with Crippen LogP contribution >= 0.6 is 0 Å². The van der Waals surface area contributed by atoms with Crippen LogP contribution in [0.2, 0.25) is 0 Å². The summed E-state index contributed by atoms with van der Waals surface area (Å²) in [6.45, 7) is 0.699. The lowest BCUT2D eigenvalue weighted by Gasteiger charge is -2.09. The topological polar surface area (TPSA) is 55.8 Å². The van der Waals surface area contributed by atoms with E-state index in [1.165, 1.54) is 6.08 Å². The molecule has 1 atom stereocenters. The number of aliphatic hydroxyl groups is 1. The van der Waals surface area contributed by atoms with E-state index in [-0.39, 0.29) is 5.76 Å². The van der Waals surface area contributed by atoms with E-state index in [0.29, 0.717) is 6.61 Å². The van der Waals surface area contributed by atoms with Crippen molar-refractivity contribution in [3.8, 4) is 5.75 Å². The van der Waals surface area contributed by atoms with Crippen molar-refractivity contribution in [3.63, 3.8) is 0 Å². The predicted molar refractivity (Wildman–Crippen MR) is 55.2 cm³/mol. The van der Waals surface area contributed by atoms with Gasteiger partial charge in [-0.1, -0.05) is 6.07 Å². The van der Waals surface area contributed by atoms with E-state index >= 15 is 0 Å². The fraction of sp³-hybridized carbons (Fsp3) is 0.250. The maximum atomic E-state index is 11.0. The number of rotatable bonds is 1. The molecule has 3 rings (SSSR count). The summed E-state index contributed by atoms with van der Waals surface area (Å²) in [7, 11) is 0. The molecule has 0 aliphatic carbocycles. The third-order valence-electron chi connectivity index (χ3n) is 2.79.